The third-order valence-electron chi connectivity index (χ3n) is 4.87. The number of hydrogen-bond donors (Lipinski definition) is 2. The summed E-state index contributed by atoms with van der Waals surface area (Å²) in [6.45, 7) is 2.89. The summed E-state index contributed by atoms with van der Waals surface area (Å²) in [5, 5.41) is 12.5. The predicted molar refractivity (Wildman–Crippen MR) is 103 cm³/mol. The van der Waals surface area contributed by atoms with Gasteiger partial charge in [-0.2, -0.15) is 0 Å². The van der Waals surface area contributed by atoms with Crippen molar-refractivity contribution in [1.82, 2.24) is 10.3 Å². The molecule has 0 aliphatic carbocycles. The molecule has 1 aromatic carbocycles. The van der Waals surface area contributed by atoms with Gasteiger partial charge in [0, 0.05) is 38.3 Å². The molecule has 1 saturated heterocycles. The van der Waals surface area contributed by atoms with Crippen LogP contribution in [0.2, 0.25) is 0 Å². The fourth-order valence-corrected chi connectivity index (χ4v) is 3.39. The van der Waals surface area contributed by atoms with Gasteiger partial charge in [-0.3, -0.25) is 4.79 Å². The second-order valence-electron chi connectivity index (χ2n) is 6.92. The second kappa shape index (κ2) is 9.34. The largest absolute Gasteiger partial charge is 0.481 e. The van der Waals surface area contributed by atoms with Crippen molar-refractivity contribution in [2.75, 3.05) is 18.0 Å². The van der Waals surface area contributed by atoms with E-state index in [0.29, 0.717) is 13.0 Å². The number of pyridine rings is 1. The highest BCUT2D eigenvalue weighted by Gasteiger charge is 2.14. The highest BCUT2D eigenvalue weighted by Crippen LogP contribution is 2.17. The predicted octanol–water partition coefficient (Wildman–Crippen LogP) is 3.25. The Morgan fingerprint density at radius 3 is 2.54 bits per heavy atom. The Kier molecular flexibility index (Phi) is 6.61. The van der Waals surface area contributed by atoms with Crippen LogP contribution in [0.15, 0.2) is 48.7 Å². The van der Waals surface area contributed by atoms with E-state index in [1.807, 2.05) is 24.4 Å². The molecule has 2 aromatic rings. The normalized spacial score (nSPS) is 15.2. The van der Waals surface area contributed by atoms with Gasteiger partial charge < -0.3 is 15.3 Å². The van der Waals surface area contributed by atoms with Gasteiger partial charge in [-0.1, -0.05) is 36.4 Å². The van der Waals surface area contributed by atoms with Gasteiger partial charge in [-0.15, -0.1) is 0 Å². The number of carboxylic acid groups (broad SMARTS) is 1. The Labute approximate surface area is 155 Å². The van der Waals surface area contributed by atoms with Crippen molar-refractivity contribution in [3.05, 3.63) is 59.8 Å². The molecular formula is C21H27N3O2. The highest BCUT2D eigenvalue weighted by atomic mass is 16.4. The molecule has 5 nitrogen and oxygen atoms in total. The van der Waals surface area contributed by atoms with E-state index in [2.05, 4.69) is 39.5 Å². The van der Waals surface area contributed by atoms with E-state index < -0.39 is 5.97 Å². The van der Waals surface area contributed by atoms with E-state index in [1.54, 1.807) is 0 Å². The lowest BCUT2D eigenvalue weighted by Crippen LogP contribution is -2.31. The molecule has 138 valence electrons. The average molecular weight is 353 g/mol. The molecule has 3 rings (SSSR count). The molecule has 0 bridgehead atoms. The SMILES string of the molecule is O=C(O)CCC(Cc1ccccc1)NCc1ccc(N2CCCC2)nc1. The topological polar surface area (TPSA) is 65.5 Å². The Morgan fingerprint density at radius 2 is 1.88 bits per heavy atom. The Bertz CT molecular complexity index is 682. The van der Waals surface area contributed by atoms with Crippen molar-refractivity contribution < 1.29 is 9.90 Å². The van der Waals surface area contributed by atoms with Crippen molar-refractivity contribution in [3.63, 3.8) is 0 Å². The summed E-state index contributed by atoms with van der Waals surface area (Å²) < 4.78 is 0. The van der Waals surface area contributed by atoms with Crippen LogP contribution in [-0.2, 0) is 17.8 Å². The molecule has 0 radical (unpaired) electrons. The third kappa shape index (κ3) is 5.56. The molecule has 1 aliphatic heterocycles. The van der Waals surface area contributed by atoms with E-state index in [9.17, 15) is 4.79 Å². The number of nitrogens with zero attached hydrogens (tertiary/aromatic N) is 2. The van der Waals surface area contributed by atoms with Crippen LogP contribution >= 0.6 is 0 Å². The van der Waals surface area contributed by atoms with Crippen LogP contribution in [0.25, 0.3) is 0 Å². The van der Waals surface area contributed by atoms with Crippen LogP contribution < -0.4 is 10.2 Å². The van der Waals surface area contributed by atoms with Gasteiger partial charge in [0.2, 0.25) is 0 Å². The number of carbonyl (C=O) groups is 1. The maximum absolute atomic E-state index is 11.0. The first-order valence-corrected chi connectivity index (χ1v) is 9.40. The Balaban J connectivity index is 1.56. The first-order chi connectivity index (χ1) is 12.7. The lowest BCUT2D eigenvalue weighted by Gasteiger charge is -2.19. The summed E-state index contributed by atoms with van der Waals surface area (Å²) in [5.41, 5.74) is 2.35. The van der Waals surface area contributed by atoms with Gasteiger partial charge in [-0.05, 0) is 42.9 Å². The fourth-order valence-electron chi connectivity index (χ4n) is 3.39. The minimum absolute atomic E-state index is 0.131. The number of carboxylic acids is 1. The number of aliphatic carboxylic acids is 1. The van der Waals surface area contributed by atoms with Gasteiger partial charge in [0.1, 0.15) is 5.82 Å². The molecule has 0 saturated carbocycles. The van der Waals surface area contributed by atoms with E-state index in [1.165, 1.54) is 18.4 Å². The number of anilines is 1. The van der Waals surface area contributed by atoms with E-state index in [-0.39, 0.29) is 12.5 Å². The number of rotatable bonds is 9. The van der Waals surface area contributed by atoms with Crippen molar-refractivity contribution in [1.29, 1.82) is 0 Å². The molecular weight excluding hydrogens is 326 g/mol. The molecule has 5 heteroatoms. The molecule has 1 fully saturated rings. The van der Waals surface area contributed by atoms with E-state index >= 15 is 0 Å². The van der Waals surface area contributed by atoms with Gasteiger partial charge in [0.15, 0.2) is 0 Å². The van der Waals surface area contributed by atoms with Crippen LogP contribution in [0.1, 0.15) is 36.8 Å². The van der Waals surface area contributed by atoms with Crippen LogP contribution in [-0.4, -0.2) is 35.2 Å². The average Bonchev–Trinajstić information content (AvgIpc) is 3.20. The van der Waals surface area contributed by atoms with Crippen LogP contribution in [0.3, 0.4) is 0 Å². The van der Waals surface area contributed by atoms with Gasteiger partial charge in [0.25, 0.3) is 0 Å². The molecule has 1 aromatic heterocycles. The Hall–Kier alpha value is -2.40. The van der Waals surface area contributed by atoms with Crippen LogP contribution in [0, 0.1) is 0 Å². The first-order valence-electron chi connectivity index (χ1n) is 9.40. The maximum atomic E-state index is 11.0. The lowest BCUT2D eigenvalue weighted by atomic mass is 10.0. The summed E-state index contributed by atoms with van der Waals surface area (Å²) >= 11 is 0. The van der Waals surface area contributed by atoms with Gasteiger partial charge in [-0.25, -0.2) is 4.98 Å². The maximum Gasteiger partial charge on any atom is 0.303 e. The molecule has 2 N–H and O–H groups in total. The molecule has 1 unspecified atom stereocenters. The van der Waals surface area contributed by atoms with E-state index in [4.69, 9.17) is 5.11 Å². The number of benzene rings is 1. The smallest absolute Gasteiger partial charge is 0.303 e. The number of hydrogen-bond acceptors (Lipinski definition) is 4. The first kappa shape index (κ1) is 18.4. The highest BCUT2D eigenvalue weighted by molar-refractivity contribution is 5.66. The molecule has 0 amide bonds. The summed E-state index contributed by atoms with van der Waals surface area (Å²) in [5.74, 6) is 0.305. The standard InChI is InChI=1S/C21H27N3O2/c25-21(26)11-9-19(14-17-6-2-1-3-7-17)22-15-18-8-10-20(23-16-18)24-12-4-5-13-24/h1-3,6-8,10,16,19,22H,4-5,9,11-15H2,(H,25,26). The van der Waals surface area contributed by atoms with Gasteiger partial charge >= 0.3 is 5.97 Å². The fraction of sp³-hybridized carbons (Fsp3) is 0.429. The minimum atomic E-state index is -0.749. The monoisotopic (exact) mass is 353 g/mol. The number of aromatic nitrogens is 1. The quantitative estimate of drug-likeness (QED) is 0.724. The van der Waals surface area contributed by atoms with Crippen molar-refractivity contribution in [2.45, 2.75) is 44.7 Å². The van der Waals surface area contributed by atoms with Crippen LogP contribution in [0.5, 0.6) is 0 Å². The lowest BCUT2D eigenvalue weighted by molar-refractivity contribution is -0.137. The number of nitrogens with one attached hydrogen (secondary N) is 1. The zero-order chi connectivity index (χ0) is 18.2. The molecule has 1 aliphatic rings. The van der Waals surface area contributed by atoms with Crippen LogP contribution in [0.4, 0.5) is 5.82 Å². The molecule has 1 atom stereocenters. The zero-order valence-corrected chi connectivity index (χ0v) is 15.1. The third-order valence-corrected chi connectivity index (χ3v) is 4.87. The molecule has 0 spiro atoms. The molecule has 2 heterocycles. The summed E-state index contributed by atoms with van der Waals surface area (Å²) in [4.78, 5) is 17.9. The second-order valence-corrected chi connectivity index (χ2v) is 6.92. The minimum Gasteiger partial charge on any atom is -0.481 e. The summed E-state index contributed by atoms with van der Waals surface area (Å²) in [6.07, 6.45) is 6.04. The van der Waals surface area contributed by atoms with Crippen molar-refractivity contribution >= 4 is 11.8 Å². The van der Waals surface area contributed by atoms with Crippen molar-refractivity contribution in [2.24, 2.45) is 0 Å². The van der Waals surface area contributed by atoms with E-state index in [0.717, 1.165) is 30.9 Å². The Morgan fingerprint density at radius 1 is 1.12 bits per heavy atom. The summed E-state index contributed by atoms with van der Waals surface area (Å²) in [6, 6.07) is 14.5. The van der Waals surface area contributed by atoms with Crippen molar-refractivity contribution in [3.8, 4) is 0 Å². The summed E-state index contributed by atoms with van der Waals surface area (Å²) in [7, 11) is 0. The van der Waals surface area contributed by atoms with Gasteiger partial charge in [0.05, 0.1) is 0 Å². The zero-order valence-electron chi connectivity index (χ0n) is 15.1. The molecule has 26 heavy (non-hydrogen) atoms.